The van der Waals surface area contributed by atoms with Gasteiger partial charge in [0, 0.05) is 13.7 Å². The Labute approximate surface area is 94.8 Å². The van der Waals surface area contributed by atoms with Gasteiger partial charge in [-0.25, -0.2) is 0 Å². The van der Waals surface area contributed by atoms with Crippen molar-refractivity contribution >= 4 is 0 Å². The SMILES string of the molecule is COCCNCC(C(C)C)C1CCCC1. The third kappa shape index (κ3) is 4.52. The maximum atomic E-state index is 5.05. The van der Waals surface area contributed by atoms with Crippen LogP contribution in [0.5, 0.6) is 0 Å². The van der Waals surface area contributed by atoms with Crippen molar-refractivity contribution in [3.05, 3.63) is 0 Å². The Morgan fingerprint density at radius 3 is 2.47 bits per heavy atom. The van der Waals surface area contributed by atoms with Gasteiger partial charge in [0.2, 0.25) is 0 Å². The van der Waals surface area contributed by atoms with Crippen molar-refractivity contribution < 1.29 is 4.74 Å². The molecule has 0 aromatic heterocycles. The van der Waals surface area contributed by atoms with Crippen molar-refractivity contribution in [2.45, 2.75) is 39.5 Å². The van der Waals surface area contributed by atoms with E-state index in [-0.39, 0.29) is 0 Å². The van der Waals surface area contributed by atoms with Crippen molar-refractivity contribution in [1.29, 1.82) is 0 Å². The van der Waals surface area contributed by atoms with E-state index < -0.39 is 0 Å². The molecule has 0 spiro atoms. The van der Waals surface area contributed by atoms with Crippen LogP contribution in [0.1, 0.15) is 39.5 Å². The zero-order chi connectivity index (χ0) is 11.1. The first-order valence-corrected chi connectivity index (χ1v) is 6.45. The fraction of sp³-hybridized carbons (Fsp3) is 1.00. The molecule has 0 heterocycles. The molecule has 1 aliphatic rings. The molecule has 1 saturated carbocycles. The highest BCUT2D eigenvalue weighted by Gasteiger charge is 2.26. The summed E-state index contributed by atoms with van der Waals surface area (Å²) >= 11 is 0. The predicted octanol–water partition coefficient (Wildman–Crippen LogP) is 2.68. The van der Waals surface area contributed by atoms with E-state index in [0.29, 0.717) is 0 Å². The fourth-order valence-electron chi connectivity index (χ4n) is 2.78. The van der Waals surface area contributed by atoms with Crippen molar-refractivity contribution in [3.8, 4) is 0 Å². The Hall–Kier alpha value is -0.0800. The number of ether oxygens (including phenoxy) is 1. The first-order chi connectivity index (χ1) is 7.25. The van der Waals surface area contributed by atoms with Gasteiger partial charge in [-0.15, -0.1) is 0 Å². The predicted molar refractivity (Wildman–Crippen MR) is 65.0 cm³/mol. The second kappa shape index (κ2) is 7.24. The van der Waals surface area contributed by atoms with Crippen LogP contribution in [-0.4, -0.2) is 26.8 Å². The lowest BCUT2D eigenvalue weighted by Crippen LogP contribution is -2.32. The van der Waals surface area contributed by atoms with Crippen LogP contribution in [0, 0.1) is 17.8 Å². The summed E-state index contributed by atoms with van der Waals surface area (Å²) in [6, 6.07) is 0. The van der Waals surface area contributed by atoms with Gasteiger partial charge in [-0.1, -0.05) is 39.5 Å². The van der Waals surface area contributed by atoms with Gasteiger partial charge in [0.05, 0.1) is 6.61 Å². The Kier molecular flexibility index (Phi) is 6.26. The van der Waals surface area contributed by atoms with E-state index >= 15 is 0 Å². The number of hydrogen-bond acceptors (Lipinski definition) is 2. The molecule has 1 fully saturated rings. The molecule has 0 bridgehead atoms. The quantitative estimate of drug-likeness (QED) is 0.657. The average Bonchev–Trinajstić information content (AvgIpc) is 2.70. The van der Waals surface area contributed by atoms with Gasteiger partial charge in [0.15, 0.2) is 0 Å². The van der Waals surface area contributed by atoms with Crippen LogP contribution in [0.4, 0.5) is 0 Å². The number of methoxy groups -OCH3 is 1. The van der Waals surface area contributed by atoms with E-state index in [1.54, 1.807) is 7.11 Å². The number of hydrogen-bond donors (Lipinski definition) is 1. The van der Waals surface area contributed by atoms with Crippen LogP contribution >= 0.6 is 0 Å². The molecule has 90 valence electrons. The van der Waals surface area contributed by atoms with Gasteiger partial charge >= 0.3 is 0 Å². The molecular weight excluding hydrogens is 186 g/mol. The van der Waals surface area contributed by atoms with Gasteiger partial charge in [-0.2, -0.15) is 0 Å². The van der Waals surface area contributed by atoms with Crippen molar-refractivity contribution in [2.75, 3.05) is 26.8 Å². The zero-order valence-corrected chi connectivity index (χ0v) is 10.6. The van der Waals surface area contributed by atoms with E-state index in [4.69, 9.17) is 4.74 Å². The molecule has 1 aliphatic carbocycles. The van der Waals surface area contributed by atoms with Crippen LogP contribution in [0.3, 0.4) is 0 Å². The minimum atomic E-state index is 0.808. The Balaban J connectivity index is 2.24. The summed E-state index contributed by atoms with van der Waals surface area (Å²) in [7, 11) is 1.76. The minimum absolute atomic E-state index is 0.808. The van der Waals surface area contributed by atoms with Gasteiger partial charge in [-0.3, -0.25) is 0 Å². The van der Waals surface area contributed by atoms with Crippen LogP contribution in [0.25, 0.3) is 0 Å². The van der Waals surface area contributed by atoms with Gasteiger partial charge < -0.3 is 10.1 Å². The molecule has 1 rings (SSSR count). The summed E-state index contributed by atoms with van der Waals surface area (Å²) in [5, 5.41) is 3.52. The summed E-state index contributed by atoms with van der Waals surface area (Å²) in [5.74, 6) is 2.65. The molecule has 2 heteroatoms. The van der Waals surface area contributed by atoms with E-state index in [0.717, 1.165) is 30.9 Å². The first-order valence-electron chi connectivity index (χ1n) is 6.45. The Morgan fingerprint density at radius 2 is 1.93 bits per heavy atom. The maximum absolute atomic E-state index is 5.05. The van der Waals surface area contributed by atoms with Gasteiger partial charge in [-0.05, 0) is 24.3 Å². The zero-order valence-electron chi connectivity index (χ0n) is 10.6. The summed E-state index contributed by atoms with van der Waals surface area (Å²) < 4.78 is 5.05. The lowest BCUT2D eigenvalue weighted by Gasteiger charge is -2.27. The molecular formula is C13H27NO. The highest BCUT2D eigenvalue weighted by Crippen LogP contribution is 2.34. The first kappa shape index (κ1) is 13.0. The molecule has 0 aromatic rings. The van der Waals surface area contributed by atoms with E-state index in [1.807, 2.05) is 0 Å². The van der Waals surface area contributed by atoms with E-state index in [2.05, 4.69) is 19.2 Å². The molecule has 0 amide bonds. The standard InChI is InChI=1S/C13H27NO/c1-11(2)13(10-14-8-9-15-3)12-6-4-5-7-12/h11-14H,4-10H2,1-3H3. The lowest BCUT2D eigenvalue weighted by atomic mass is 9.82. The molecule has 2 nitrogen and oxygen atoms in total. The molecule has 0 aliphatic heterocycles. The van der Waals surface area contributed by atoms with Crippen LogP contribution in [0.2, 0.25) is 0 Å². The summed E-state index contributed by atoms with van der Waals surface area (Å²) in [4.78, 5) is 0. The number of rotatable bonds is 7. The lowest BCUT2D eigenvalue weighted by molar-refractivity contribution is 0.189. The normalized spacial score (nSPS) is 20.0. The van der Waals surface area contributed by atoms with Crippen LogP contribution < -0.4 is 5.32 Å². The summed E-state index contributed by atoms with van der Waals surface area (Å²) in [6.07, 6.45) is 5.81. The van der Waals surface area contributed by atoms with Crippen LogP contribution in [-0.2, 0) is 4.74 Å². The Morgan fingerprint density at radius 1 is 1.27 bits per heavy atom. The molecule has 15 heavy (non-hydrogen) atoms. The Bertz CT molecular complexity index is 153. The third-order valence-electron chi connectivity index (χ3n) is 3.72. The highest BCUT2D eigenvalue weighted by molar-refractivity contribution is 4.79. The minimum Gasteiger partial charge on any atom is -0.383 e. The molecule has 1 atom stereocenters. The molecule has 1 unspecified atom stereocenters. The third-order valence-corrected chi connectivity index (χ3v) is 3.72. The molecule has 0 saturated heterocycles. The fourth-order valence-corrected chi connectivity index (χ4v) is 2.78. The summed E-state index contributed by atoms with van der Waals surface area (Å²) in [5.41, 5.74) is 0. The van der Waals surface area contributed by atoms with E-state index in [9.17, 15) is 0 Å². The van der Waals surface area contributed by atoms with Crippen molar-refractivity contribution in [1.82, 2.24) is 5.32 Å². The molecule has 1 N–H and O–H groups in total. The molecule has 0 aromatic carbocycles. The van der Waals surface area contributed by atoms with E-state index in [1.165, 1.54) is 32.2 Å². The monoisotopic (exact) mass is 213 g/mol. The van der Waals surface area contributed by atoms with Gasteiger partial charge in [0.1, 0.15) is 0 Å². The average molecular weight is 213 g/mol. The van der Waals surface area contributed by atoms with Crippen LogP contribution in [0.15, 0.2) is 0 Å². The maximum Gasteiger partial charge on any atom is 0.0587 e. The smallest absolute Gasteiger partial charge is 0.0587 e. The van der Waals surface area contributed by atoms with Crippen molar-refractivity contribution in [3.63, 3.8) is 0 Å². The summed E-state index contributed by atoms with van der Waals surface area (Å²) in [6.45, 7) is 7.72. The second-order valence-electron chi connectivity index (χ2n) is 5.15. The topological polar surface area (TPSA) is 21.3 Å². The van der Waals surface area contributed by atoms with Gasteiger partial charge in [0.25, 0.3) is 0 Å². The number of nitrogens with one attached hydrogen (secondary N) is 1. The second-order valence-corrected chi connectivity index (χ2v) is 5.15. The highest BCUT2D eigenvalue weighted by atomic mass is 16.5. The molecule has 0 radical (unpaired) electrons. The largest absolute Gasteiger partial charge is 0.383 e. The van der Waals surface area contributed by atoms with Crippen molar-refractivity contribution in [2.24, 2.45) is 17.8 Å².